The fourth-order valence-electron chi connectivity index (χ4n) is 4.37. The molecule has 4 aromatic rings. The molecule has 0 aliphatic rings. The molecule has 162 valence electrons. The summed E-state index contributed by atoms with van der Waals surface area (Å²) in [6, 6.07) is 26.5. The fourth-order valence-corrected chi connectivity index (χ4v) is 4.37. The number of rotatable bonds is 7. The number of benzene rings is 4. The zero-order chi connectivity index (χ0) is 22.5. The normalized spacial score (nSPS) is 10.9. The number of phenols is 2. The van der Waals surface area contributed by atoms with Crippen LogP contribution < -0.4 is 0 Å². The molecule has 0 aliphatic carbocycles. The highest BCUT2D eigenvalue weighted by atomic mass is 16.3. The monoisotopic (exact) mass is 426 g/mol. The van der Waals surface area contributed by atoms with Gasteiger partial charge in [0, 0.05) is 35.5 Å². The molecule has 0 atom stereocenters. The van der Waals surface area contributed by atoms with E-state index in [1.54, 1.807) is 18.2 Å². The molecule has 4 N–H and O–H groups in total. The summed E-state index contributed by atoms with van der Waals surface area (Å²) < 4.78 is 0. The van der Waals surface area contributed by atoms with Crippen LogP contribution in [0, 0.1) is 0 Å². The Morgan fingerprint density at radius 3 is 1.56 bits per heavy atom. The molecule has 0 bridgehead atoms. The second kappa shape index (κ2) is 9.69. The van der Waals surface area contributed by atoms with Crippen LogP contribution in [0.2, 0.25) is 0 Å². The molecule has 0 aromatic heterocycles. The van der Waals surface area contributed by atoms with Crippen LogP contribution in [-0.2, 0) is 12.8 Å². The van der Waals surface area contributed by atoms with E-state index < -0.39 is 0 Å². The van der Waals surface area contributed by atoms with E-state index >= 15 is 0 Å². The Hall–Kier alpha value is -3.60. The second-order valence-electron chi connectivity index (χ2n) is 7.63. The van der Waals surface area contributed by atoms with Crippen LogP contribution in [0.4, 0.5) is 0 Å². The Kier molecular flexibility index (Phi) is 6.55. The van der Waals surface area contributed by atoms with Crippen molar-refractivity contribution < 1.29 is 20.4 Å². The summed E-state index contributed by atoms with van der Waals surface area (Å²) in [5.74, 6) is 0.0754. The maximum atomic E-state index is 11.5. The Balaban J connectivity index is 2.23. The third-order valence-electron chi connectivity index (χ3n) is 5.71. The fraction of sp³-hybridized carbons (Fsp3) is 0.143. The van der Waals surface area contributed by atoms with Gasteiger partial charge in [0.25, 0.3) is 0 Å². The lowest BCUT2D eigenvalue weighted by molar-refractivity contribution is 0.291. The SMILES string of the molecule is OCCc1c(O)c(-c2ccccc2O)c(-c2ccccc2)c(-c2ccccc2)c1CCO. The third-order valence-corrected chi connectivity index (χ3v) is 5.71. The van der Waals surface area contributed by atoms with E-state index in [1.165, 1.54) is 0 Å². The number of aliphatic hydroxyl groups excluding tert-OH is 2. The zero-order valence-corrected chi connectivity index (χ0v) is 17.7. The van der Waals surface area contributed by atoms with Crippen molar-refractivity contribution in [3.63, 3.8) is 0 Å². The first kappa shape index (κ1) is 21.6. The standard InChI is InChI=1S/C28H26O4/c29-17-15-21-22(16-18-30)28(32)27(23-13-7-8-14-24(23)31)26(20-11-5-2-6-12-20)25(21)19-9-3-1-4-10-19/h1-14,29-32H,15-18H2. The summed E-state index contributed by atoms with van der Waals surface area (Å²) >= 11 is 0. The Morgan fingerprint density at radius 2 is 1.00 bits per heavy atom. The van der Waals surface area contributed by atoms with Crippen LogP contribution in [0.3, 0.4) is 0 Å². The molecule has 4 aromatic carbocycles. The van der Waals surface area contributed by atoms with Crippen molar-refractivity contribution in [2.75, 3.05) is 13.2 Å². The molecule has 0 aliphatic heterocycles. The largest absolute Gasteiger partial charge is 0.507 e. The Bertz CT molecular complexity index is 1200. The van der Waals surface area contributed by atoms with Crippen LogP contribution in [0.15, 0.2) is 84.9 Å². The molecular weight excluding hydrogens is 400 g/mol. The van der Waals surface area contributed by atoms with E-state index in [4.69, 9.17) is 0 Å². The van der Waals surface area contributed by atoms with Gasteiger partial charge in [0.15, 0.2) is 0 Å². The van der Waals surface area contributed by atoms with Crippen molar-refractivity contribution in [2.24, 2.45) is 0 Å². The molecule has 0 saturated carbocycles. The molecular formula is C28H26O4. The summed E-state index contributed by atoms with van der Waals surface area (Å²) in [7, 11) is 0. The van der Waals surface area contributed by atoms with Crippen molar-refractivity contribution in [3.05, 3.63) is 96.1 Å². The number of hydrogen-bond acceptors (Lipinski definition) is 4. The van der Waals surface area contributed by atoms with Gasteiger partial charge in [-0.25, -0.2) is 0 Å². The van der Waals surface area contributed by atoms with Gasteiger partial charge in [-0.3, -0.25) is 0 Å². The van der Waals surface area contributed by atoms with Crippen LogP contribution >= 0.6 is 0 Å². The van der Waals surface area contributed by atoms with Crippen molar-refractivity contribution in [3.8, 4) is 44.9 Å². The van der Waals surface area contributed by atoms with Gasteiger partial charge in [-0.2, -0.15) is 0 Å². The van der Waals surface area contributed by atoms with E-state index in [9.17, 15) is 20.4 Å². The number of para-hydroxylation sites is 1. The minimum absolute atomic E-state index is 0.0162. The first-order chi connectivity index (χ1) is 15.7. The third kappa shape index (κ3) is 3.98. The molecule has 4 heteroatoms. The van der Waals surface area contributed by atoms with E-state index in [-0.39, 0.29) is 31.1 Å². The number of aliphatic hydroxyl groups is 2. The highest BCUT2D eigenvalue weighted by Crippen LogP contribution is 2.51. The molecule has 0 heterocycles. The van der Waals surface area contributed by atoms with Gasteiger partial charge in [-0.05, 0) is 41.2 Å². The summed E-state index contributed by atoms with van der Waals surface area (Å²) in [5.41, 5.74) is 5.88. The molecule has 0 spiro atoms. The summed E-state index contributed by atoms with van der Waals surface area (Å²) in [5, 5.41) is 41.9. The van der Waals surface area contributed by atoms with Crippen molar-refractivity contribution >= 4 is 0 Å². The quantitative estimate of drug-likeness (QED) is 0.329. The zero-order valence-electron chi connectivity index (χ0n) is 17.7. The van der Waals surface area contributed by atoms with E-state index in [0.29, 0.717) is 23.1 Å². The van der Waals surface area contributed by atoms with Gasteiger partial charge in [-0.15, -0.1) is 0 Å². The predicted molar refractivity (Wildman–Crippen MR) is 128 cm³/mol. The van der Waals surface area contributed by atoms with Gasteiger partial charge in [0.2, 0.25) is 0 Å². The Labute approximate surface area is 187 Å². The number of phenolic OH excluding ortho intramolecular Hbond substituents is 2. The summed E-state index contributed by atoms with van der Waals surface area (Å²) in [6.45, 7) is -0.243. The maximum absolute atomic E-state index is 11.5. The highest BCUT2D eigenvalue weighted by Gasteiger charge is 2.27. The minimum atomic E-state index is -0.148. The van der Waals surface area contributed by atoms with Crippen molar-refractivity contribution in [2.45, 2.75) is 12.8 Å². The van der Waals surface area contributed by atoms with Crippen molar-refractivity contribution in [1.29, 1.82) is 0 Å². The molecule has 0 radical (unpaired) electrons. The minimum Gasteiger partial charge on any atom is -0.507 e. The lowest BCUT2D eigenvalue weighted by Crippen LogP contribution is -2.07. The average molecular weight is 427 g/mol. The summed E-state index contributed by atoms with van der Waals surface area (Å²) in [6.07, 6.45) is 0.560. The van der Waals surface area contributed by atoms with Crippen LogP contribution in [0.5, 0.6) is 11.5 Å². The molecule has 0 fully saturated rings. The number of hydrogen-bond donors (Lipinski definition) is 4. The van der Waals surface area contributed by atoms with E-state index in [0.717, 1.165) is 27.8 Å². The van der Waals surface area contributed by atoms with Gasteiger partial charge in [0.05, 0.1) is 0 Å². The second-order valence-corrected chi connectivity index (χ2v) is 7.63. The van der Waals surface area contributed by atoms with Crippen LogP contribution in [0.1, 0.15) is 11.1 Å². The van der Waals surface area contributed by atoms with E-state index in [1.807, 2.05) is 66.7 Å². The first-order valence-corrected chi connectivity index (χ1v) is 10.7. The molecule has 0 amide bonds. The average Bonchev–Trinajstić information content (AvgIpc) is 2.83. The van der Waals surface area contributed by atoms with Gasteiger partial charge in [-0.1, -0.05) is 78.9 Å². The molecule has 4 rings (SSSR count). The molecule has 32 heavy (non-hydrogen) atoms. The van der Waals surface area contributed by atoms with Crippen molar-refractivity contribution in [1.82, 2.24) is 0 Å². The smallest absolute Gasteiger partial charge is 0.127 e. The van der Waals surface area contributed by atoms with E-state index in [2.05, 4.69) is 0 Å². The Morgan fingerprint density at radius 1 is 0.500 bits per heavy atom. The molecule has 4 nitrogen and oxygen atoms in total. The molecule has 0 unspecified atom stereocenters. The lowest BCUT2D eigenvalue weighted by atomic mass is 9.80. The lowest BCUT2D eigenvalue weighted by Gasteiger charge is -2.25. The van der Waals surface area contributed by atoms with Gasteiger partial charge < -0.3 is 20.4 Å². The predicted octanol–water partition coefficient (Wildman–Crippen LogP) is 5.17. The first-order valence-electron chi connectivity index (χ1n) is 10.7. The van der Waals surface area contributed by atoms with Crippen LogP contribution in [0.25, 0.3) is 33.4 Å². The van der Waals surface area contributed by atoms with Gasteiger partial charge in [0.1, 0.15) is 11.5 Å². The highest BCUT2D eigenvalue weighted by molar-refractivity contribution is 6.00. The maximum Gasteiger partial charge on any atom is 0.127 e. The molecule has 0 saturated heterocycles. The van der Waals surface area contributed by atoms with Gasteiger partial charge >= 0.3 is 0 Å². The topological polar surface area (TPSA) is 80.9 Å². The number of aromatic hydroxyl groups is 2. The van der Waals surface area contributed by atoms with Crippen LogP contribution in [-0.4, -0.2) is 33.6 Å². The summed E-state index contributed by atoms with van der Waals surface area (Å²) in [4.78, 5) is 0.